The fourth-order valence-corrected chi connectivity index (χ4v) is 5.63. The number of rotatable bonds is 3. The van der Waals surface area contributed by atoms with E-state index in [0.29, 0.717) is 8.68 Å². The van der Waals surface area contributed by atoms with Gasteiger partial charge in [0.05, 0.1) is 0 Å². The number of nitrogens with one attached hydrogen (secondary N) is 2. The van der Waals surface area contributed by atoms with Crippen molar-refractivity contribution in [2.24, 2.45) is 0 Å². The predicted octanol–water partition coefficient (Wildman–Crippen LogP) is 2.35. The van der Waals surface area contributed by atoms with Gasteiger partial charge in [0.1, 0.15) is 4.21 Å². The molecular weight excluding hydrogens is 360 g/mol. The van der Waals surface area contributed by atoms with Crippen molar-refractivity contribution in [2.45, 2.75) is 36.1 Å². The zero-order valence-electron chi connectivity index (χ0n) is 9.85. The topological polar surface area (TPSA) is 58.2 Å². The first-order valence-corrected chi connectivity index (χ1v) is 8.65. The molecule has 2 atom stereocenters. The van der Waals surface area contributed by atoms with Crippen LogP contribution in [0.4, 0.5) is 0 Å². The Bertz CT molecular complexity index is 492. The van der Waals surface area contributed by atoms with Crippen molar-refractivity contribution in [3.05, 3.63) is 15.9 Å². The quantitative estimate of drug-likeness (QED) is 0.852. The lowest BCUT2D eigenvalue weighted by atomic mass is 10.0. The Morgan fingerprint density at radius 3 is 2.83 bits per heavy atom. The van der Waals surface area contributed by atoms with Crippen LogP contribution in [-0.2, 0) is 10.0 Å². The molecule has 0 radical (unpaired) electrons. The molecule has 1 aliphatic rings. The molecule has 4 nitrogen and oxygen atoms in total. The molecule has 1 aromatic rings. The number of piperidine rings is 1. The fourth-order valence-electron chi connectivity index (χ4n) is 1.93. The second-order valence-corrected chi connectivity index (χ2v) is 7.85. The van der Waals surface area contributed by atoms with Gasteiger partial charge < -0.3 is 5.32 Å². The van der Waals surface area contributed by atoms with Crippen molar-refractivity contribution in [2.75, 3.05) is 6.54 Å². The molecule has 0 bridgehead atoms. The summed E-state index contributed by atoms with van der Waals surface area (Å²) in [7, 11) is -3.40. The standard InChI is InChI=1S/C10H15BrN2O2S2.ClH/c1-7-9(3-2-5-12-7)13-17(14,15)10-8(11)4-6-16-10;/h4,6-7,9,12-13H,2-3,5H2,1H3;1H. The van der Waals surface area contributed by atoms with E-state index in [4.69, 9.17) is 0 Å². The summed E-state index contributed by atoms with van der Waals surface area (Å²) >= 11 is 4.49. The van der Waals surface area contributed by atoms with E-state index in [1.54, 1.807) is 11.4 Å². The highest BCUT2D eigenvalue weighted by molar-refractivity contribution is 9.10. The molecule has 0 amide bonds. The lowest BCUT2D eigenvalue weighted by Crippen LogP contribution is -2.51. The van der Waals surface area contributed by atoms with Gasteiger partial charge in [-0.25, -0.2) is 13.1 Å². The third kappa shape index (κ3) is 3.68. The number of hydrogen-bond acceptors (Lipinski definition) is 4. The molecule has 0 spiro atoms. The summed E-state index contributed by atoms with van der Waals surface area (Å²) in [4.78, 5) is 0. The molecule has 18 heavy (non-hydrogen) atoms. The monoisotopic (exact) mass is 374 g/mol. The van der Waals surface area contributed by atoms with Gasteiger partial charge in [-0.1, -0.05) is 0 Å². The summed E-state index contributed by atoms with van der Waals surface area (Å²) in [6.45, 7) is 2.97. The van der Waals surface area contributed by atoms with Gasteiger partial charge in [0.25, 0.3) is 10.0 Å². The predicted molar refractivity (Wildman–Crippen MR) is 80.1 cm³/mol. The van der Waals surface area contributed by atoms with Gasteiger partial charge in [0.15, 0.2) is 0 Å². The zero-order valence-corrected chi connectivity index (χ0v) is 13.9. The van der Waals surface area contributed by atoms with Gasteiger partial charge in [-0.2, -0.15) is 0 Å². The van der Waals surface area contributed by atoms with Crippen LogP contribution < -0.4 is 10.0 Å². The maximum atomic E-state index is 12.2. The maximum absolute atomic E-state index is 12.2. The highest BCUT2D eigenvalue weighted by Crippen LogP contribution is 2.28. The summed E-state index contributed by atoms with van der Waals surface area (Å²) in [6, 6.07) is 1.90. The van der Waals surface area contributed by atoms with Crippen LogP contribution in [0.25, 0.3) is 0 Å². The van der Waals surface area contributed by atoms with Crippen LogP contribution in [0.3, 0.4) is 0 Å². The normalized spacial score (nSPS) is 24.6. The van der Waals surface area contributed by atoms with Crippen LogP contribution in [0.15, 0.2) is 20.1 Å². The van der Waals surface area contributed by atoms with Gasteiger partial charge in [-0.05, 0) is 53.7 Å². The molecule has 1 aliphatic heterocycles. The molecule has 1 saturated heterocycles. The van der Waals surface area contributed by atoms with Crippen LogP contribution in [0.5, 0.6) is 0 Å². The van der Waals surface area contributed by atoms with Crippen molar-refractivity contribution < 1.29 is 8.42 Å². The highest BCUT2D eigenvalue weighted by atomic mass is 79.9. The lowest BCUT2D eigenvalue weighted by Gasteiger charge is -2.30. The Hall–Kier alpha value is 0.340. The van der Waals surface area contributed by atoms with E-state index in [0.717, 1.165) is 19.4 Å². The summed E-state index contributed by atoms with van der Waals surface area (Å²) in [5, 5.41) is 5.04. The van der Waals surface area contributed by atoms with Crippen LogP contribution in [0.1, 0.15) is 19.8 Å². The maximum Gasteiger partial charge on any atom is 0.251 e. The minimum atomic E-state index is -3.40. The smallest absolute Gasteiger partial charge is 0.251 e. The second-order valence-electron chi connectivity index (χ2n) is 4.17. The van der Waals surface area contributed by atoms with Gasteiger partial charge >= 0.3 is 0 Å². The molecule has 1 aromatic heterocycles. The van der Waals surface area contributed by atoms with Crippen molar-refractivity contribution >= 4 is 49.7 Å². The Kier molecular flexibility index (Phi) is 6.08. The van der Waals surface area contributed by atoms with Gasteiger partial charge in [-0.15, -0.1) is 23.7 Å². The van der Waals surface area contributed by atoms with E-state index < -0.39 is 10.0 Å². The van der Waals surface area contributed by atoms with Gasteiger partial charge in [-0.3, -0.25) is 0 Å². The SMILES string of the molecule is CC1NCCCC1NS(=O)(=O)c1sccc1Br.Cl. The highest BCUT2D eigenvalue weighted by Gasteiger charge is 2.28. The molecule has 1 fully saturated rings. The molecule has 104 valence electrons. The molecule has 0 aliphatic carbocycles. The van der Waals surface area contributed by atoms with Crippen LogP contribution in [0, 0.1) is 0 Å². The Morgan fingerprint density at radius 2 is 2.28 bits per heavy atom. The number of sulfonamides is 1. The lowest BCUT2D eigenvalue weighted by molar-refractivity contribution is 0.349. The van der Waals surface area contributed by atoms with Crippen LogP contribution in [0.2, 0.25) is 0 Å². The molecular formula is C10H16BrClN2O2S2. The van der Waals surface area contributed by atoms with Gasteiger partial charge in [0, 0.05) is 16.6 Å². The van der Waals surface area contributed by atoms with Crippen molar-refractivity contribution in [1.82, 2.24) is 10.0 Å². The third-order valence-electron chi connectivity index (χ3n) is 2.90. The number of hydrogen-bond donors (Lipinski definition) is 2. The summed E-state index contributed by atoms with van der Waals surface area (Å²) in [5.41, 5.74) is 0. The van der Waals surface area contributed by atoms with Crippen molar-refractivity contribution in [3.8, 4) is 0 Å². The van der Waals surface area contributed by atoms with E-state index in [-0.39, 0.29) is 24.5 Å². The summed E-state index contributed by atoms with van der Waals surface area (Å²) in [6.07, 6.45) is 1.89. The van der Waals surface area contributed by atoms with E-state index in [1.807, 2.05) is 6.92 Å². The minimum Gasteiger partial charge on any atom is -0.313 e. The van der Waals surface area contributed by atoms with Crippen LogP contribution in [-0.4, -0.2) is 27.0 Å². The molecule has 0 aromatic carbocycles. The molecule has 8 heteroatoms. The Balaban J connectivity index is 0.00000162. The largest absolute Gasteiger partial charge is 0.313 e. The molecule has 2 rings (SSSR count). The first-order valence-electron chi connectivity index (χ1n) is 5.49. The van der Waals surface area contributed by atoms with E-state index in [9.17, 15) is 8.42 Å². The van der Waals surface area contributed by atoms with Crippen molar-refractivity contribution in [3.63, 3.8) is 0 Å². The average molecular weight is 376 g/mol. The second kappa shape index (κ2) is 6.67. The molecule has 0 saturated carbocycles. The third-order valence-corrected chi connectivity index (χ3v) is 7.06. The first kappa shape index (κ1) is 16.4. The van der Waals surface area contributed by atoms with Gasteiger partial charge in [0.2, 0.25) is 0 Å². The number of thiophene rings is 1. The van der Waals surface area contributed by atoms with E-state index in [1.165, 1.54) is 11.3 Å². The fraction of sp³-hybridized carbons (Fsp3) is 0.600. The Labute approximate surface area is 126 Å². The average Bonchev–Trinajstić information content (AvgIpc) is 2.68. The van der Waals surface area contributed by atoms with E-state index >= 15 is 0 Å². The summed E-state index contributed by atoms with van der Waals surface area (Å²) < 4.78 is 28.1. The Morgan fingerprint density at radius 1 is 1.56 bits per heavy atom. The summed E-state index contributed by atoms with van der Waals surface area (Å²) in [5.74, 6) is 0. The van der Waals surface area contributed by atoms with E-state index in [2.05, 4.69) is 26.0 Å². The first-order chi connectivity index (χ1) is 8.00. The molecule has 2 N–H and O–H groups in total. The van der Waals surface area contributed by atoms with Crippen LogP contribution >= 0.6 is 39.7 Å². The molecule has 2 unspecified atom stereocenters. The molecule has 2 heterocycles. The zero-order chi connectivity index (χ0) is 12.5. The van der Waals surface area contributed by atoms with Crippen molar-refractivity contribution in [1.29, 1.82) is 0 Å². The number of halogens is 2. The minimum absolute atomic E-state index is 0.